The topological polar surface area (TPSA) is 55.8 Å². The van der Waals surface area contributed by atoms with Gasteiger partial charge in [0.15, 0.2) is 0 Å². The molecular formula is C30H40O4. The van der Waals surface area contributed by atoms with Crippen molar-refractivity contribution in [1.82, 2.24) is 0 Å². The van der Waals surface area contributed by atoms with Crippen LogP contribution in [0, 0.1) is 5.92 Å². The van der Waals surface area contributed by atoms with E-state index in [2.05, 4.69) is 37.8 Å². The van der Waals surface area contributed by atoms with E-state index in [0.717, 1.165) is 17.0 Å². The predicted octanol–water partition coefficient (Wildman–Crippen LogP) is 7.20. The highest BCUT2D eigenvalue weighted by Gasteiger charge is 2.22. The minimum atomic E-state index is -0.426. The second-order valence-corrected chi connectivity index (χ2v) is 9.58. The lowest BCUT2D eigenvalue weighted by Gasteiger charge is -2.29. The molecule has 0 amide bonds. The highest BCUT2D eigenvalue weighted by Crippen LogP contribution is 2.38. The number of aliphatic hydroxyl groups excluding tert-OH is 1. The van der Waals surface area contributed by atoms with Gasteiger partial charge in [-0.25, -0.2) is 4.79 Å². The van der Waals surface area contributed by atoms with Gasteiger partial charge >= 0.3 is 5.97 Å². The van der Waals surface area contributed by atoms with Crippen molar-refractivity contribution in [1.29, 1.82) is 0 Å². The molecule has 2 aromatic rings. The minimum Gasteiger partial charge on any atom is -0.490 e. The van der Waals surface area contributed by atoms with Crippen LogP contribution >= 0.6 is 0 Å². The molecule has 1 N–H and O–H groups in total. The molecule has 1 aliphatic rings. The summed E-state index contributed by atoms with van der Waals surface area (Å²) < 4.78 is 10.9. The standard InChI is InChI=1S/C30H40O4/c1-4-5-6-7-23-8-10-24(11-9-23)25-12-14-26(15-13-25)27-16-17-28(21-31)29(20-27)33-18-19-34-30(32)22(2)3/h12-17,20,23-24,31H,2,4-11,18-19,21H2,1,3H3. The molecule has 0 aromatic heterocycles. The average molecular weight is 465 g/mol. The Morgan fingerprint density at radius 3 is 2.35 bits per heavy atom. The molecule has 0 saturated heterocycles. The first-order valence-electron chi connectivity index (χ1n) is 12.8. The Balaban J connectivity index is 1.58. The quantitative estimate of drug-likeness (QED) is 0.205. The summed E-state index contributed by atoms with van der Waals surface area (Å²) in [6.45, 7) is 7.70. The van der Waals surface area contributed by atoms with E-state index in [1.165, 1.54) is 56.9 Å². The third-order valence-electron chi connectivity index (χ3n) is 6.94. The largest absolute Gasteiger partial charge is 0.490 e. The molecule has 0 radical (unpaired) electrons. The Labute approximate surface area is 205 Å². The number of hydrogen-bond acceptors (Lipinski definition) is 4. The van der Waals surface area contributed by atoms with Crippen LogP contribution in [-0.2, 0) is 16.1 Å². The third kappa shape index (κ3) is 7.46. The predicted molar refractivity (Wildman–Crippen MR) is 138 cm³/mol. The van der Waals surface area contributed by atoms with E-state index in [1.54, 1.807) is 6.92 Å². The summed E-state index contributed by atoms with van der Waals surface area (Å²) in [6, 6.07) is 14.8. The lowest BCUT2D eigenvalue weighted by molar-refractivity contribution is -0.139. The molecule has 1 saturated carbocycles. The molecule has 0 heterocycles. The zero-order valence-electron chi connectivity index (χ0n) is 20.9. The van der Waals surface area contributed by atoms with Crippen LogP contribution in [0.3, 0.4) is 0 Å². The highest BCUT2D eigenvalue weighted by molar-refractivity contribution is 5.86. The smallest absolute Gasteiger partial charge is 0.333 e. The first-order valence-corrected chi connectivity index (χ1v) is 12.8. The van der Waals surface area contributed by atoms with Crippen LogP contribution in [-0.4, -0.2) is 24.3 Å². The third-order valence-corrected chi connectivity index (χ3v) is 6.94. The van der Waals surface area contributed by atoms with Gasteiger partial charge in [-0.1, -0.05) is 75.6 Å². The van der Waals surface area contributed by atoms with Crippen LogP contribution in [0.5, 0.6) is 5.75 Å². The number of aliphatic hydroxyl groups is 1. The van der Waals surface area contributed by atoms with Gasteiger partial charge in [-0.05, 0) is 67.2 Å². The van der Waals surface area contributed by atoms with E-state index in [1.807, 2.05) is 18.2 Å². The van der Waals surface area contributed by atoms with Crippen molar-refractivity contribution < 1.29 is 19.4 Å². The molecule has 0 unspecified atom stereocenters. The summed E-state index contributed by atoms with van der Waals surface area (Å²) in [5.74, 6) is 1.78. The second kappa shape index (κ2) is 13.3. The second-order valence-electron chi connectivity index (χ2n) is 9.58. The maximum Gasteiger partial charge on any atom is 0.333 e. The number of carbonyl (C=O) groups excluding carboxylic acids is 1. The summed E-state index contributed by atoms with van der Waals surface area (Å²) >= 11 is 0. The maximum atomic E-state index is 11.5. The van der Waals surface area contributed by atoms with Crippen molar-refractivity contribution in [3.8, 4) is 16.9 Å². The lowest BCUT2D eigenvalue weighted by atomic mass is 9.77. The van der Waals surface area contributed by atoms with Crippen molar-refractivity contribution >= 4 is 5.97 Å². The van der Waals surface area contributed by atoms with Crippen LogP contribution < -0.4 is 4.74 Å². The van der Waals surface area contributed by atoms with Gasteiger partial charge in [0.1, 0.15) is 19.0 Å². The normalized spacial score (nSPS) is 17.9. The van der Waals surface area contributed by atoms with Gasteiger partial charge in [-0.2, -0.15) is 0 Å². The molecule has 4 heteroatoms. The number of carbonyl (C=O) groups is 1. The van der Waals surface area contributed by atoms with Crippen LogP contribution in [0.25, 0.3) is 11.1 Å². The van der Waals surface area contributed by atoms with E-state index in [0.29, 0.717) is 22.8 Å². The fraction of sp³-hybridized carbons (Fsp3) is 0.500. The molecule has 3 rings (SSSR count). The zero-order valence-corrected chi connectivity index (χ0v) is 20.9. The molecule has 1 fully saturated rings. The number of unbranched alkanes of at least 4 members (excludes halogenated alkanes) is 2. The number of rotatable bonds is 12. The minimum absolute atomic E-state index is 0.110. The van der Waals surface area contributed by atoms with Gasteiger partial charge in [-0.3, -0.25) is 0 Å². The number of benzene rings is 2. The Kier molecular flexibility index (Phi) is 10.2. The van der Waals surface area contributed by atoms with E-state index in [9.17, 15) is 9.90 Å². The van der Waals surface area contributed by atoms with E-state index >= 15 is 0 Å². The molecule has 2 aromatic carbocycles. The van der Waals surface area contributed by atoms with Crippen molar-refractivity contribution in [2.75, 3.05) is 13.2 Å². The maximum absolute atomic E-state index is 11.5. The van der Waals surface area contributed by atoms with Gasteiger partial charge in [0.05, 0.1) is 6.61 Å². The van der Waals surface area contributed by atoms with Gasteiger partial charge in [-0.15, -0.1) is 0 Å². The Bertz CT molecular complexity index is 923. The average Bonchev–Trinajstić information content (AvgIpc) is 2.87. The van der Waals surface area contributed by atoms with Gasteiger partial charge in [0.2, 0.25) is 0 Å². The number of esters is 1. The molecule has 184 valence electrons. The van der Waals surface area contributed by atoms with Crippen LogP contribution in [0.4, 0.5) is 0 Å². The fourth-order valence-corrected chi connectivity index (χ4v) is 4.82. The van der Waals surface area contributed by atoms with Gasteiger partial charge in [0.25, 0.3) is 0 Å². The molecule has 0 bridgehead atoms. The van der Waals surface area contributed by atoms with E-state index in [4.69, 9.17) is 9.47 Å². The Morgan fingerprint density at radius 1 is 1.00 bits per heavy atom. The number of ether oxygens (including phenoxy) is 2. The molecule has 1 aliphatic carbocycles. The van der Waals surface area contributed by atoms with Crippen molar-refractivity contribution in [2.45, 2.75) is 77.7 Å². The first kappa shape index (κ1) is 26.0. The lowest BCUT2D eigenvalue weighted by Crippen LogP contribution is -2.13. The summed E-state index contributed by atoms with van der Waals surface area (Å²) in [7, 11) is 0. The summed E-state index contributed by atoms with van der Waals surface area (Å²) in [6.07, 6.45) is 10.8. The van der Waals surface area contributed by atoms with Crippen LogP contribution in [0.15, 0.2) is 54.6 Å². The molecule has 0 aliphatic heterocycles. The van der Waals surface area contributed by atoms with E-state index < -0.39 is 5.97 Å². The van der Waals surface area contributed by atoms with Crippen LogP contribution in [0.1, 0.15) is 82.3 Å². The SMILES string of the molecule is C=C(C)C(=O)OCCOc1cc(-c2ccc(C3CCC(CCCCC)CC3)cc2)ccc1CO. The zero-order chi connectivity index (χ0) is 24.3. The van der Waals surface area contributed by atoms with Crippen LogP contribution in [0.2, 0.25) is 0 Å². The Morgan fingerprint density at radius 2 is 1.71 bits per heavy atom. The summed E-state index contributed by atoms with van der Waals surface area (Å²) in [5, 5.41) is 9.68. The molecular weight excluding hydrogens is 424 g/mol. The van der Waals surface area contributed by atoms with Gasteiger partial charge < -0.3 is 14.6 Å². The fourth-order valence-electron chi connectivity index (χ4n) is 4.82. The van der Waals surface area contributed by atoms with Gasteiger partial charge in [0, 0.05) is 11.1 Å². The highest BCUT2D eigenvalue weighted by atomic mass is 16.6. The van der Waals surface area contributed by atoms with Crippen molar-refractivity contribution in [3.63, 3.8) is 0 Å². The summed E-state index contributed by atoms with van der Waals surface area (Å²) in [5.41, 5.74) is 4.68. The molecule has 34 heavy (non-hydrogen) atoms. The Hall–Kier alpha value is -2.59. The molecule has 0 atom stereocenters. The first-order chi connectivity index (χ1) is 16.5. The monoisotopic (exact) mass is 464 g/mol. The molecule has 4 nitrogen and oxygen atoms in total. The number of hydrogen-bond donors (Lipinski definition) is 1. The van der Waals surface area contributed by atoms with E-state index in [-0.39, 0.29) is 19.8 Å². The summed E-state index contributed by atoms with van der Waals surface area (Å²) in [4.78, 5) is 11.5. The van der Waals surface area contributed by atoms with Crippen molar-refractivity contribution in [2.24, 2.45) is 5.92 Å². The molecule has 0 spiro atoms. The van der Waals surface area contributed by atoms with Crippen molar-refractivity contribution in [3.05, 3.63) is 65.7 Å².